The molecular weight excluding hydrogens is 286 g/mol. The van der Waals surface area contributed by atoms with Crippen LogP contribution in [0.2, 0.25) is 0 Å². The van der Waals surface area contributed by atoms with Gasteiger partial charge < -0.3 is 5.32 Å². The highest BCUT2D eigenvalue weighted by atomic mass is 79.9. The molecule has 0 spiro atoms. The first-order valence-corrected chi connectivity index (χ1v) is 6.67. The number of halogens is 1. The van der Waals surface area contributed by atoms with Gasteiger partial charge in [0.15, 0.2) is 0 Å². The summed E-state index contributed by atoms with van der Waals surface area (Å²) >= 11 is 7.64. The summed E-state index contributed by atoms with van der Waals surface area (Å²) in [6, 6.07) is 5.49. The molecule has 0 bridgehead atoms. The Hall–Kier alpha value is -0.480. The fourth-order valence-corrected chi connectivity index (χ4v) is 2.58. The first kappa shape index (κ1) is 12.0. The lowest BCUT2D eigenvalue weighted by atomic mass is 9.85. The van der Waals surface area contributed by atoms with Gasteiger partial charge in [0.25, 0.3) is 5.91 Å². The van der Waals surface area contributed by atoms with E-state index < -0.39 is 0 Å². The number of thiol groups is 1. The van der Waals surface area contributed by atoms with Gasteiger partial charge in [-0.2, -0.15) is 0 Å². The second kappa shape index (κ2) is 5.23. The molecular formula is C12H14BrNOS. The maximum Gasteiger partial charge on any atom is 0.252 e. The minimum atomic E-state index is -0.0237. The van der Waals surface area contributed by atoms with Crippen molar-refractivity contribution in [3.63, 3.8) is 0 Å². The predicted octanol–water partition coefficient (Wildman–Crippen LogP) is 3.27. The quantitative estimate of drug-likeness (QED) is 0.824. The second-order valence-electron chi connectivity index (χ2n) is 4.17. The number of rotatable bonds is 3. The smallest absolute Gasteiger partial charge is 0.252 e. The fourth-order valence-electron chi connectivity index (χ4n) is 1.73. The summed E-state index contributed by atoms with van der Waals surface area (Å²) in [4.78, 5) is 12.6. The van der Waals surface area contributed by atoms with Gasteiger partial charge in [-0.15, -0.1) is 12.6 Å². The third-order valence-electron chi connectivity index (χ3n) is 2.98. The zero-order valence-electron chi connectivity index (χ0n) is 8.87. The molecule has 1 saturated carbocycles. The van der Waals surface area contributed by atoms with Crippen LogP contribution in [0.3, 0.4) is 0 Å². The van der Waals surface area contributed by atoms with Crippen molar-refractivity contribution in [3.8, 4) is 0 Å². The van der Waals surface area contributed by atoms with Gasteiger partial charge in [-0.05, 0) is 37.0 Å². The number of nitrogens with one attached hydrogen (secondary N) is 1. The minimum absolute atomic E-state index is 0.0237. The topological polar surface area (TPSA) is 29.1 Å². The number of hydrogen-bond acceptors (Lipinski definition) is 2. The third-order valence-corrected chi connectivity index (χ3v) is 3.84. The maximum absolute atomic E-state index is 11.8. The summed E-state index contributed by atoms with van der Waals surface area (Å²) in [5.74, 6) is 0.659. The molecule has 1 N–H and O–H groups in total. The van der Waals surface area contributed by atoms with Crippen molar-refractivity contribution in [3.05, 3.63) is 28.2 Å². The molecule has 16 heavy (non-hydrogen) atoms. The van der Waals surface area contributed by atoms with Crippen LogP contribution in [-0.4, -0.2) is 12.5 Å². The zero-order valence-corrected chi connectivity index (χ0v) is 11.4. The highest BCUT2D eigenvalue weighted by molar-refractivity contribution is 9.10. The molecule has 0 saturated heterocycles. The van der Waals surface area contributed by atoms with E-state index in [0.29, 0.717) is 16.4 Å². The summed E-state index contributed by atoms with van der Waals surface area (Å²) in [5, 5.41) is 2.96. The van der Waals surface area contributed by atoms with E-state index in [4.69, 9.17) is 0 Å². The monoisotopic (exact) mass is 299 g/mol. The summed E-state index contributed by atoms with van der Waals surface area (Å²) in [5.41, 5.74) is 0.644. The molecule has 0 aliphatic heterocycles. The lowest BCUT2D eigenvalue weighted by molar-refractivity contribution is 0.0936. The van der Waals surface area contributed by atoms with E-state index in [9.17, 15) is 4.79 Å². The molecule has 0 heterocycles. The summed E-state index contributed by atoms with van der Waals surface area (Å²) in [6.07, 6.45) is 3.79. The fraction of sp³-hybridized carbons (Fsp3) is 0.417. The van der Waals surface area contributed by atoms with Crippen molar-refractivity contribution < 1.29 is 4.79 Å². The Morgan fingerprint density at radius 2 is 2.25 bits per heavy atom. The molecule has 0 atom stereocenters. The van der Waals surface area contributed by atoms with Gasteiger partial charge in [-0.1, -0.05) is 22.4 Å². The summed E-state index contributed by atoms with van der Waals surface area (Å²) in [7, 11) is 0. The lowest BCUT2D eigenvalue weighted by Crippen LogP contribution is -2.32. The van der Waals surface area contributed by atoms with Crippen LogP contribution < -0.4 is 5.32 Å². The van der Waals surface area contributed by atoms with Crippen LogP contribution in [0.1, 0.15) is 29.6 Å². The first-order chi connectivity index (χ1) is 7.66. The average Bonchev–Trinajstić information content (AvgIpc) is 2.14. The maximum atomic E-state index is 11.8. The van der Waals surface area contributed by atoms with E-state index in [2.05, 4.69) is 33.9 Å². The Balaban J connectivity index is 1.96. The molecule has 1 aliphatic rings. The largest absolute Gasteiger partial charge is 0.352 e. The Bertz CT molecular complexity index is 404. The molecule has 1 aromatic carbocycles. The van der Waals surface area contributed by atoms with Crippen LogP contribution in [0, 0.1) is 5.92 Å². The molecule has 1 aromatic rings. The Labute approximate surface area is 109 Å². The number of carbonyl (C=O) groups excluding carboxylic acids is 1. The number of amides is 1. The standard InChI is InChI=1S/C12H14BrNOS/c13-9-4-5-10(11(16)6-9)12(15)14-7-8-2-1-3-8/h4-6,8,16H,1-3,7H2,(H,14,15). The van der Waals surface area contributed by atoms with Crippen molar-refractivity contribution in [1.29, 1.82) is 0 Å². The van der Waals surface area contributed by atoms with E-state index >= 15 is 0 Å². The normalized spacial score (nSPS) is 15.6. The minimum Gasteiger partial charge on any atom is -0.352 e. The van der Waals surface area contributed by atoms with E-state index in [0.717, 1.165) is 11.0 Å². The molecule has 2 nitrogen and oxygen atoms in total. The molecule has 1 fully saturated rings. The van der Waals surface area contributed by atoms with Gasteiger partial charge in [0, 0.05) is 15.9 Å². The van der Waals surface area contributed by atoms with Crippen LogP contribution in [0.4, 0.5) is 0 Å². The van der Waals surface area contributed by atoms with E-state index in [1.165, 1.54) is 19.3 Å². The Morgan fingerprint density at radius 3 is 2.81 bits per heavy atom. The van der Waals surface area contributed by atoms with Crippen molar-refractivity contribution in [2.24, 2.45) is 5.92 Å². The van der Waals surface area contributed by atoms with E-state index in [1.54, 1.807) is 6.07 Å². The van der Waals surface area contributed by atoms with Gasteiger partial charge in [-0.3, -0.25) is 4.79 Å². The Kier molecular flexibility index (Phi) is 3.92. The van der Waals surface area contributed by atoms with Gasteiger partial charge >= 0.3 is 0 Å². The van der Waals surface area contributed by atoms with Gasteiger partial charge in [-0.25, -0.2) is 0 Å². The number of carbonyl (C=O) groups is 1. The van der Waals surface area contributed by atoms with E-state index in [1.807, 2.05) is 12.1 Å². The number of hydrogen-bond donors (Lipinski definition) is 2. The molecule has 4 heteroatoms. The molecule has 2 rings (SSSR count). The molecule has 1 aliphatic carbocycles. The van der Waals surface area contributed by atoms with Gasteiger partial charge in [0.05, 0.1) is 5.56 Å². The highest BCUT2D eigenvalue weighted by Crippen LogP contribution is 2.25. The highest BCUT2D eigenvalue weighted by Gasteiger charge is 2.18. The number of benzene rings is 1. The molecule has 0 radical (unpaired) electrons. The third kappa shape index (κ3) is 2.80. The summed E-state index contributed by atoms with van der Waals surface area (Å²) < 4.78 is 0.938. The van der Waals surface area contributed by atoms with Crippen LogP contribution in [0.5, 0.6) is 0 Å². The average molecular weight is 300 g/mol. The van der Waals surface area contributed by atoms with Crippen LogP contribution in [0.15, 0.2) is 27.6 Å². The Morgan fingerprint density at radius 1 is 1.50 bits per heavy atom. The molecule has 0 unspecified atom stereocenters. The molecule has 1 amide bonds. The van der Waals surface area contributed by atoms with Crippen LogP contribution in [0.25, 0.3) is 0 Å². The first-order valence-electron chi connectivity index (χ1n) is 5.43. The van der Waals surface area contributed by atoms with Gasteiger partial charge in [0.2, 0.25) is 0 Å². The summed E-state index contributed by atoms with van der Waals surface area (Å²) in [6.45, 7) is 0.794. The second-order valence-corrected chi connectivity index (χ2v) is 5.57. The lowest BCUT2D eigenvalue weighted by Gasteiger charge is -2.25. The zero-order chi connectivity index (χ0) is 11.5. The van der Waals surface area contributed by atoms with Crippen molar-refractivity contribution >= 4 is 34.5 Å². The van der Waals surface area contributed by atoms with Crippen LogP contribution in [-0.2, 0) is 0 Å². The van der Waals surface area contributed by atoms with Crippen molar-refractivity contribution in [1.82, 2.24) is 5.32 Å². The van der Waals surface area contributed by atoms with Crippen molar-refractivity contribution in [2.75, 3.05) is 6.54 Å². The predicted molar refractivity (Wildman–Crippen MR) is 71.1 cm³/mol. The van der Waals surface area contributed by atoms with Crippen molar-refractivity contribution in [2.45, 2.75) is 24.2 Å². The van der Waals surface area contributed by atoms with E-state index in [-0.39, 0.29) is 5.91 Å². The van der Waals surface area contributed by atoms with Crippen LogP contribution >= 0.6 is 28.6 Å². The molecule has 0 aromatic heterocycles. The SMILES string of the molecule is O=C(NCC1CCC1)c1ccc(Br)cc1S. The van der Waals surface area contributed by atoms with Gasteiger partial charge in [0.1, 0.15) is 0 Å². The molecule has 86 valence electrons.